The molecule has 3 aromatic carbocycles. The van der Waals surface area contributed by atoms with Gasteiger partial charge in [-0.2, -0.15) is 28.1 Å². The van der Waals surface area contributed by atoms with E-state index in [9.17, 15) is 31.9 Å². The molecule has 1 heterocycles. The Bertz CT molecular complexity index is 1940. The number of aromatic nitrogens is 3. The van der Waals surface area contributed by atoms with E-state index >= 15 is 4.39 Å². The van der Waals surface area contributed by atoms with Crippen LogP contribution in [0.2, 0.25) is 5.02 Å². The summed E-state index contributed by atoms with van der Waals surface area (Å²) in [5, 5.41) is 13.8. The van der Waals surface area contributed by atoms with E-state index in [2.05, 4.69) is 41.5 Å². The zero-order valence-electron chi connectivity index (χ0n) is 27.6. The first-order valence-corrected chi connectivity index (χ1v) is 16.1. The van der Waals surface area contributed by atoms with E-state index in [0.29, 0.717) is 17.9 Å². The molecule has 0 atom stereocenters. The van der Waals surface area contributed by atoms with Gasteiger partial charge in [-0.3, -0.25) is 14.4 Å². The molecular formula is C34H32ClF5N8O4. The molecule has 0 aliphatic heterocycles. The number of carbonyl (C=O) groups excluding carboxylic acids is 3. The van der Waals surface area contributed by atoms with E-state index in [0.717, 1.165) is 23.8 Å². The average Bonchev–Trinajstić information content (AvgIpc) is 3.86. The standard InChI is InChI=1S/C34H32ClF5N8O4/c1-32(2,17-42-27(50)28(51)43-22-9-7-21(36)8-10-22)16-41-26(49)24-12-11-23(15-25(24)37)44-29-45-30(47-31(46-29)52-18-34(38,39)40)48-33(13-14-33)19-3-5-20(35)6-4-19/h3-12,15H,13-14,16-18H2,1-2H3,(H,41,49)(H,42,50)(H,43,51)(H2,44,45,46,47,48). The van der Waals surface area contributed by atoms with E-state index < -0.39 is 59.1 Å². The largest absolute Gasteiger partial charge is 0.454 e. The maximum absolute atomic E-state index is 15.2. The van der Waals surface area contributed by atoms with Crippen LogP contribution >= 0.6 is 11.6 Å². The number of ether oxygens (including phenoxy) is 1. The van der Waals surface area contributed by atoms with Crippen LogP contribution in [-0.2, 0) is 15.1 Å². The highest BCUT2D eigenvalue weighted by Crippen LogP contribution is 2.48. The molecule has 1 aliphatic rings. The van der Waals surface area contributed by atoms with Gasteiger partial charge in [0.15, 0.2) is 6.61 Å². The smallest absolute Gasteiger partial charge is 0.422 e. The first-order valence-electron chi connectivity index (χ1n) is 15.7. The summed E-state index contributed by atoms with van der Waals surface area (Å²) in [6.45, 7) is 1.67. The number of anilines is 4. The maximum atomic E-state index is 15.2. The van der Waals surface area contributed by atoms with Crippen LogP contribution in [0.15, 0.2) is 66.7 Å². The molecule has 1 fully saturated rings. The van der Waals surface area contributed by atoms with Gasteiger partial charge in [-0.1, -0.05) is 37.6 Å². The van der Waals surface area contributed by atoms with Gasteiger partial charge < -0.3 is 31.3 Å². The molecule has 4 aromatic rings. The summed E-state index contributed by atoms with van der Waals surface area (Å²) in [6.07, 6.45) is -3.31. The average molecular weight is 747 g/mol. The zero-order chi connectivity index (χ0) is 37.7. The minimum absolute atomic E-state index is 0.0238. The summed E-state index contributed by atoms with van der Waals surface area (Å²) >= 11 is 6.01. The Kier molecular flexibility index (Phi) is 11.1. The fraction of sp³-hybridized carbons (Fsp3) is 0.294. The molecule has 3 amide bonds. The first-order chi connectivity index (χ1) is 24.5. The molecule has 12 nitrogen and oxygen atoms in total. The van der Waals surface area contributed by atoms with E-state index in [1.807, 2.05) is 12.1 Å². The molecule has 1 saturated carbocycles. The van der Waals surface area contributed by atoms with E-state index in [1.54, 1.807) is 26.0 Å². The van der Waals surface area contributed by atoms with Crippen LogP contribution in [0.25, 0.3) is 0 Å². The van der Waals surface area contributed by atoms with E-state index in [-0.39, 0.29) is 41.9 Å². The van der Waals surface area contributed by atoms with Crippen molar-refractivity contribution in [3.05, 3.63) is 94.5 Å². The predicted octanol–water partition coefficient (Wildman–Crippen LogP) is 6.10. The Morgan fingerprint density at radius 3 is 2.10 bits per heavy atom. The van der Waals surface area contributed by atoms with Gasteiger partial charge in [0.2, 0.25) is 11.9 Å². The third-order valence-electron chi connectivity index (χ3n) is 7.71. The van der Waals surface area contributed by atoms with Crippen molar-refractivity contribution in [2.24, 2.45) is 5.41 Å². The molecule has 18 heteroatoms. The third-order valence-corrected chi connectivity index (χ3v) is 7.96. The lowest BCUT2D eigenvalue weighted by Crippen LogP contribution is -2.45. The summed E-state index contributed by atoms with van der Waals surface area (Å²) in [6, 6.07) is 14.7. The van der Waals surface area contributed by atoms with Crippen molar-refractivity contribution in [3.63, 3.8) is 0 Å². The number of carbonyl (C=O) groups is 3. The fourth-order valence-corrected chi connectivity index (χ4v) is 4.90. The predicted molar refractivity (Wildman–Crippen MR) is 181 cm³/mol. The second-order valence-corrected chi connectivity index (χ2v) is 13.1. The lowest BCUT2D eigenvalue weighted by molar-refractivity contribution is -0.154. The number of halogens is 6. The summed E-state index contributed by atoms with van der Waals surface area (Å²) in [4.78, 5) is 49.4. The minimum Gasteiger partial charge on any atom is -0.454 e. The molecule has 52 heavy (non-hydrogen) atoms. The number of nitrogens with one attached hydrogen (secondary N) is 5. The Balaban J connectivity index is 1.20. The quantitative estimate of drug-likeness (QED) is 0.0805. The van der Waals surface area contributed by atoms with Gasteiger partial charge in [-0.25, -0.2) is 8.78 Å². The molecule has 274 valence electrons. The molecule has 0 unspecified atom stereocenters. The minimum atomic E-state index is -4.67. The normalized spacial score (nSPS) is 13.5. The highest BCUT2D eigenvalue weighted by atomic mass is 35.5. The Hall–Kier alpha value is -5.58. The van der Waals surface area contributed by atoms with Crippen LogP contribution in [0.4, 0.5) is 45.2 Å². The van der Waals surface area contributed by atoms with Crippen LogP contribution in [0.1, 0.15) is 42.6 Å². The SMILES string of the molecule is CC(C)(CNC(=O)C(=O)Nc1ccc(F)cc1)CNC(=O)c1ccc(Nc2nc(NC3(c4ccc(Cl)cc4)CC3)nc(OCC(F)(F)F)n2)cc1F. The Morgan fingerprint density at radius 2 is 1.46 bits per heavy atom. The Morgan fingerprint density at radius 1 is 0.827 bits per heavy atom. The fourth-order valence-electron chi connectivity index (χ4n) is 4.78. The van der Waals surface area contributed by atoms with Gasteiger partial charge in [0.05, 0.1) is 11.1 Å². The molecular weight excluding hydrogens is 715 g/mol. The zero-order valence-corrected chi connectivity index (χ0v) is 28.4. The number of rotatable bonds is 13. The second kappa shape index (κ2) is 15.3. The Labute approximate surface area is 298 Å². The molecule has 0 radical (unpaired) electrons. The van der Waals surface area contributed by atoms with Gasteiger partial charge >= 0.3 is 24.0 Å². The first kappa shape index (κ1) is 37.7. The van der Waals surface area contributed by atoms with Gasteiger partial charge in [0, 0.05) is 29.5 Å². The summed E-state index contributed by atoms with van der Waals surface area (Å²) in [5.74, 6) is -4.49. The highest BCUT2D eigenvalue weighted by molar-refractivity contribution is 6.39. The van der Waals surface area contributed by atoms with Gasteiger partial charge in [-0.15, -0.1) is 0 Å². The molecule has 0 bridgehead atoms. The third kappa shape index (κ3) is 10.5. The van der Waals surface area contributed by atoms with Crippen molar-refractivity contribution >= 4 is 52.6 Å². The summed E-state index contributed by atoms with van der Waals surface area (Å²) in [5.41, 5.74) is -0.542. The van der Waals surface area contributed by atoms with Crippen LogP contribution in [-0.4, -0.2) is 58.5 Å². The number of hydrogen-bond donors (Lipinski definition) is 5. The van der Waals surface area contributed by atoms with Crippen LogP contribution < -0.4 is 31.3 Å². The lowest BCUT2D eigenvalue weighted by atomic mass is 9.93. The van der Waals surface area contributed by atoms with Gasteiger partial charge in [0.1, 0.15) is 11.6 Å². The molecule has 0 saturated heterocycles. The van der Waals surface area contributed by atoms with Crippen molar-refractivity contribution in [3.8, 4) is 6.01 Å². The summed E-state index contributed by atoms with van der Waals surface area (Å²) < 4.78 is 71.8. The summed E-state index contributed by atoms with van der Waals surface area (Å²) in [7, 11) is 0. The number of benzene rings is 3. The van der Waals surface area contributed by atoms with Crippen molar-refractivity contribution < 1.29 is 41.1 Å². The van der Waals surface area contributed by atoms with E-state index in [1.165, 1.54) is 24.3 Å². The van der Waals surface area contributed by atoms with Crippen molar-refractivity contribution in [1.82, 2.24) is 25.6 Å². The van der Waals surface area contributed by atoms with Crippen molar-refractivity contribution in [1.29, 1.82) is 0 Å². The van der Waals surface area contributed by atoms with Crippen LogP contribution in [0, 0.1) is 17.0 Å². The molecule has 1 aliphatic carbocycles. The lowest BCUT2D eigenvalue weighted by Gasteiger charge is -2.25. The number of alkyl halides is 3. The molecule has 5 rings (SSSR count). The maximum Gasteiger partial charge on any atom is 0.422 e. The monoisotopic (exact) mass is 746 g/mol. The van der Waals surface area contributed by atoms with Crippen molar-refractivity contribution in [2.75, 3.05) is 35.6 Å². The highest BCUT2D eigenvalue weighted by Gasteiger charge is 2.45. The van der Waals surface area contributed by atoms with Gasteiger partial charge in [0.25, 0.3) is 5.91 Å². The number of hydrogen-bond acceptors (Lipinski definition) is 9. The molecule has 5 N–H and O–H groups in total. The second-order valence-electron chi connectivity index (χ2n) is 12.7. The molecule has 0 spiro atoms. The van der Waals surface area contributed by atoms with Crippen molar-refractivity contribution in [2.45, 2.75) is 38.4 Å². The molecule has 1 aromatic heterocycles. The topological polar surface area (TPSA) is 159 Å². The number of amides is 3. The van der Waals surface area contributed by atoms with E-state index in [4.69, 9.17) is 16.3 Å². The van der Waals surface area contributed by atoms with Crippen LogP contribution in [0.5, 0.6) is 6.01 Å². The van der Waals surface area contributed by atoms with Gasteiger partial charge in [-0.05, 0) is 78.4 Å². The number of nitrogens with zero attached hydrogens (tertiary/aromatic N) is 3. The van der Waals surface area contributed by atoms with Crippen LogP contribution in [0.3, 0.4) is 0 Å².